The molecule has 2 amide bonds. The summed E-state index contributed by atoms with van der Waals surface area (Å²) in [5, 5.41) is 13.3. The summed E-state index contributed by atoms with van der Waals surface area (Å²) in [5.74, 6) is -3.21. The molecular weight excluding hydrogens is 584 g/mol. The fourth-order valence-corrected chi connectivity index (χ4v) is 5.55. The lowest BCUT2D eigenvalue weighted by atomic mass is 9.70. The molecule has 2 atom stereocenters. The Kier molecular flexibility index (Phi) is 10.5. The van der Waals surface area contributed by atoms with Crippen molar-refractivity contribution < 1.29 is 29.0 Å². The van der Waals surface area contributed by atoms with Crippen molar-refractivity contribution in [3.63, 3.8) is 0 Å². The topological polar surface area (TPSA) is 123 Å². The second-order valence-corrected chi connectivity index (χ2v) is 12.4. The number of hydrogen-bond donors (Lipinski definition) is 2. The molecule has 4 aromatic rings. The summed E-state index contributed by atoms with van der Waals surface area (Å²) >= 11 is 0. The number of ether oxygens (including phenoxy) is 2. The molecule has 4 rings (SSSR count). The molecule has 0 radical (unpaired) electrons. The zero-order valence-corrected chi connectivity index (χ0v) is 27.4. The van der Waals surface area contributed by atoms with Crippen molar-refractivity contribution in [2.45, 2.75) is 46.6 Å². The SMILES string of the molecule is COc1ccc(C(C(=O)N(CC(=O)Nc2nc(-c3ccccc3)cn2-c2ccccc2)C(C)C)C(C(=O)O)C(C)(C)C)cc1OC. The van der Waals surface area contributed by atoms with E-state index in [1.165, 1.54) is 19.1 Å². The van der Waals surface area contributed by atoms with Gasteiger partial charge in [0.1, 0.15) is 6.54 Å². The van der Waals surface area contributed by atoms with Gasteiger partial charge >= 0.3 is 5.97 Å². The van der Waals surface area contributed by atoms with E-state index in [-0.39, 0.29) is 6.54 Å². The number of benzene rings is 3. The van der Waals surface area contributed by atoms with Crippen LogP contribution < -0.4 is 14.8 Å². The van der Waals surface area contributed by atoms with E-state index in [9.17, 15) is 19.5 Å². The molecule has 0 saturated carbocycles. The number of carboxylic acids is 1. The van der Waals surface area contributed by atoms with Crippen LogP contribution in [0.25, 0.3) is 16.9 Å². The predicted octanol–water partition coefficient (Wildman–Crippen LogP) is 6.26. The minimum atomic E-state index is -1.12. The molecule has 0 aliphatic heterocycles. The van der Waals surface area contributed by atoms with Gasteiger partial charge in [0.15, 0.2) is 11.5 Å². The van der Waals surface area contributed by atoms with E-state index >= 15 is 0 Å². The molecule has 0 fully saturated rings. The van der Waals surface area contributed by atoms with Crippen molar-refractivity contribution in [1.82, 2.24) is 14.5 Å². The molecule has 0 saturated heterocycles. The lowest BCUT2D eigenvalue weighted by molar-refractivity contribution is -0.153. The Morgan fingerprint density at radius 3 is 2.07 bits per heavy atom. The third kappa shape index (κ3) is 7.56. The summed E-state index contributed by atoms with van der Waals surface area (Å²) < 4.78 is 12.6. The molecular formula is C36H42N4O6. The van der Waals surface area contributed by atoms with Gasteiger partial charge in [0.25, 0.3) is 0 Å². The fourth-order valence-electron chi connectivity index (χ4n) is 5.55. The van der Waals surface area contributed by atoms with Crippen LogP contribution in [-0.2, 0) is 14.4 Å². The van der Waals surface area contributed by atoms with Crippen molar-refractivity contribution in [3.8, 4) is 28.4 Å². The number of para-hydroxylation sites is 1. The molecule has 242 valence electrons. The molecule has 10 heteroatoms. The Hall–Kier alpha value is -5.12. The second-order valence-electron chi connectivity index (χ2n) is 12.4. The van der Waals surface area contributed by atoms with Gasteiger partial charge in [0.05, 0.1) is 31.7 Å². The van der Waals surface area contributed by atoms with E-state index in [2.05, 4.69) is 5.32 Å². The number of anilines is 1. The van der Waals surface area contributed by atoms with Crippen LogP contribution in [0.15, 0.2) is 85.1 Å². The molecule has 0 bridgehead atoms. The highest BCUT2D eigenvalue weighted by atomic mass is 16.5. The van der Waals surface area contributed by atoms with Gasteiger partial charge in [-0.1, -0.05) is 75.4 Å². The van der Waals surface area contributed by atoms with E-state index in [0.29, 0.717) is 28.7 Å². The van der Waals surface area contributed by atoms with Crippen LogP contribution in [0.5, 0.6) is 11.5 Å². The third-order valence-corrected chi connectivity index (χ3v) is 7.85. The summed E-state index contributed by atoms with van der Waals surface area (Å²) in [7, 11) is 2.98. The maximum atomic E-state index is 14.5. The van der Waals surface area contributed by atoms with Gasteiger partial charge in [-0.2, -0.15) is 0 Å². The zero-order chi connectivity index (χ0) is 33.6. The Balaban J connectivity index is 1.71. The summed E-state index contributed by atoms with van der Waals surface area (Å²) in [5.41, 5.74) is 1.99. The molecule has 0 aliphatic rings. The minimum Gasteiger partial charge on any atom is -0.493 e. The van der Waals surface area contributed by atoms with Gasteiger partial charge in [0, 0.05) is 23.5 Å². The van der Waals surface area contributed by atoms with Crippen LogP contribution in [-0.4, -0.2) is 64.1 Å². The number of nitrogens with one attached hydrogen (secondary N) is 1. The average Bonchev–Trinajstić information content (AvgIpc) is 3.45. The standard InChI is InChI=1S/C36H42N4O6/c1-23(2)39(33(42)31(32(34(43)44)36(3,4)5)25-18-19-28(45-6)29(20-25)46-7)22-30(41)38-35-37-27(24-14-10-8-11-15-24)21-40(35)26-16-12-9-13-17-26/h8-21,23,31-32H,22H2,1-7H3,(H,43,44)(H,37,38,41). The van der Waals surface area contributed by atoms with E-state index in [0.717, 1.165) is 11.3 Å². The zero-order valence-electron chi connectivity index (χ0n) is 27.4. The van der Waals surface area contributed by atoms with E-state index in [1.807, 2.05) is 66.9 Å². The number of hydrogen-bond acceptors (Lipinski definition) is 6. The molecule has 0 aliphatic carbocycles. The van der Waals surface area contributed by atoms with Crippen molar-refractivity contribution >= 4 is 23.7 Å². The molecule has 2 unspecified atom stereocenters. The number of carbonyl (C=O) groups is 3. The van der Waals surface area contributed by atoms with E-state index < -0.39 is 41.1 Å². The molecule has 1 aromatic heterocycles. The van der Waals surface area contributed by atoms with Crippen molar-refractivity contribution in [2.75, 3.05) is 26.1 Å². The van der Waals surface area contributed by atoms with Crippen LogP contribution in [0.4, 0.5) is 5.95 Å². The Labute approximate surface area is 270 Å². The predicted molar refractivity (Wildman–Crippen MR) is 177 cm³/mol. The number of rotatable bonds is 12. The molecule has 2 N–H and O–H groups in total. The van der Waals surface area contributed by atoms with Crippen molar-refractivity contribution in [3.05, 3.63) is 90.6 Å². The summed E-state index contributed by atoms with van der Waals surface area (Å²) in [6.07, 6.45) is 1.85. The maximum absolute atomic E-state index is 14.5. The Bertz CT molecular complexity index is 1660. The lowest BCUT2D eigenvalue weighted by Gasteiger charge is -2.37. The first-order valence-corrected chi connectivity index (χ1v) is 15.1. The number of aromatic nitrogens is 2. The maximum Gasteiger partial charge on any atom is 0.308 e. The normalized spacial score (nSPS) is 12.7. The number of carboxylic acid groups (broad SMARTS) is 1. The Morgan fingerprint density at radius 2 is 1.52 bits per heavy atom. The Morgan fingerprint density at radius 1 is 0.913 bits per heavy atom. The first kappa shape index (κ1) is 33.8. The molecule has 3 aromatic carbocycles. The number of carbonyl (C=O) groups excluding carboxylic acids is 2. The molecule has 0 spiro atoms. The number of imidazole rings is 1. The first-order chi connectivity index (χ1) is 21.8. The van der Waals surface area contributed by atoms with Crippen LogP contribution >= 0.6 is 0 Å². The highest BCUT2D eigenvalue weighted by Crippen LogP contribution is 2.42. The number of aliphatic carboxylic acids is 1. The number of nitrogens with zero attached hydrogens (tertiary/aromatic N) is 3. The van der Waals surface area contributed by atoms with Gasteiger partial charge in [-0.15, -0.1) is 0 Å². The number of methoxy groups -OCH3 is 2. The molecule has 10 nitrogen and oxygen atoms in total. The van der Waals surface area contributed by atoms with Gasteiger partial charge < -0.3 is 19.5 Å². The average molecular weight is 627 g/mol. The summed E-state index contributed by atoms with van der Waals surface area (Å²) in [6, 6.07) is 23.6. The minimum absolute atomic E-state index is 0.292. The van der Waals surface area contributed by atoms with Gasteiger partial charge in [-0.25, -0.2) is 4.98 Å². The van der Waals surface area contributed by atoms with Gasteiger partial charge in [-0.3, -0.25) is 24.3 Å². The van der Waals surface area contributed by atoms with E-state index in [4.69, 9.17) is 14.5 Å². The summed E-state index contributed by atoms with van der Waals surface area (Å²) in [4.78, 5) is 47.1. The monoisotopic (exact) mass is 626 g/mol. The van der Waals surface area contributed by atoms with Gasteiger partial charge in [0.2, 0.25) is 17.8 Å². The van der Waals surface area contributed by atoms with Gasteiger partial charge in [-0.05, 0) is 49.1 Å². The van der Waals surface area contributed by atoms with Crippen molar-refractivity contribution in [1.29, 1.82) is 0 Å². The van der Waals surface area contributed by atoms with Crippen LogP contribution in [0, 0.1) is 11.3 Å². The third-order valence-electron chi connectivity index (χ3n) is 7.85. The molecule has 1 heterocycles. The summed E-state index contributed by atoms with van der Waals surface area (Å²) in [6.45, 7) is 8.62. The fraction of sp³-hybridized carbons (Fsp3) is 0.333. The van der Waals surface area contributed by atoms with Crippen LogP contribution in [0.1, 0.15) is 46.1 Å². The number of amides is 2. The van der Waals surface area contributed by atoms with Crippen LogP contribution in [0.3, 0.4) is 0 Å². The van der Waals surface area contributed by atoms with Crippen LogP contribution in [0.2, 0.25) is 0 Å². The molecule has 46 heavy (non-hydrogen) atoms. The van der Waals surface area contributed by atoms with Crippen molar-refractivity contribution in [2.24, 2.45) is 11.3 Å². The smallest absolute Gasteiger partial charge is 0.308 e. The highest BCUT2D eigenvalue weighted by molar-refractivity contribution is 5.96. The quantitative estimate of drug-likeness (QED) is 0.190. The van der Waals surface area contributed by atoms with E-state index in [1.54, 1.807) is 57.4 Å². The lowest BCUT2D eigenvalue weighted by Crippen LogP contribution is -2.49. The second kappa shape index (κ2) is 14.3. The largest absolute Gasteiger partial charge is 0.493 e. The highest BCUT2D eigenvalue weighted by Gasteiger charge is 2.45. The first-order valence-electron chi connectivity index (χ1n) is 15.1.